The Bertz CT molecular complexity index is 1530. The molecule has 0 N–H and O–H groups in total. The summed E-state index contributed by atoms with van der Waals surface area (Å²) in [6.07, 6.45) is 3.10. The molecule has 1 aromatic heterocycles. The van der Waals surface area contributed by atoms with Gasteiger partial charge in [-0.3, -0.25) is 4.79 Å². The van der Waals surface area contributed by atoms with E-state index in [1.54, 1.807) is 19.2 Å². The standard InChI is InChI=1S/C27H27FN4O3S2/c1-4-5-16-31(3)37(34,35)23-13-9-21(10-14-23)26(33)32(29-18-20-7-11-22(28)12-8-20)27-30-24-15-6-19(2)17-25(24)36-27/h6-15,17-18H,4-5,16H2,1-3H3/b29-18+. The quantitative estimate of drug-likeness (QED) is 0.198. The fourth-order valence-electron chi connectivity index (χ4n) is 3.54. The maximum Gasteiger partial charge on any atom is 0.280 e. The maximum absolute atomic E-state index is 13.6. The van der Waals surface area contributed by atoms with E-state index in [-0.39, 0.29) is 16.3 Å². The normalized spacial score (nSPS) is 12.0. The van der Waals surface area contributed by atoms with Crippen LogP contribution in [0.5, 0.6) is 0 Å². The van der Waals surface area contributed by atoms with Gasteiger partial charge in [-0.05, 0) is 73.0 Å². The average molecular weight is 539 g/mol. The van der Waals surface area contributed by atoms with Crippen LogP contribution in [0.25, 0.3) is 10.2 Å². The molecule has 0 fully saturated rings. The molecule has 37 heavy (non-hydrogen) atoms. The van der Waals surface area contributed by atoms with E-state index >= 15 is 0 Å². The smallest absolute Gasteiger partial charge is 0.267 e. The van der Waals surface area contributed by atoms with E-state index in [4.69, 9.17) is 0 Å². The van der Waals surface area contributed by atoms with E-state index in [0.29, 0.717) is 17.2 Å². The number of hydrazone groups is 1. The lowest BCUT2D eigenvalue weighted by Crippen LogP contribution is -2.28. The number of rotatable bonds is 9. The highest BCUT2D eigenvalue weighted by atomic mass is 32.2. The molecule has 1 heterocycles. The molecule has 7 nitrogen and oxygen atoms in total. The SMILES string of the molecule is CCCCN(C)S(=O)(=O)c1ccc(C(=O)N(/N=C/c2ccc(F)cc2)c2nc3ccc(C)cc3s2)cc1. The zero-order chi connectivity index (χ0) is 26.6. The molecule has 0 aliphatic rings. The molecule has 192 valence electrons. The van der Waals surface area contributed by atoms with Crippen LogP contribution >= 0.6 is 11.3 Å². The third-order valence-electron chi connectivity index (χ3n) is 5.73. The van der Waals surface area contributed by atoms with Crippen molar-refractivity contribution in [3.63, 3.8) is 0 Å². The molecule has 0 radical (unpaired) electrons. The van der Waals surface area contributed by atoms with Gasteiger partial charge in [0, 0.05) is 19.2 Å². The van der Waals surface area contributed by atoms with Gasteiger partial charge < -0.3 is 0 Å². The second kappa shape index (κ2) is 11.3. The van der Waals surface area contributed by atoms with Crippen LogP contribution in [-0.2, 0) is 10.0 Å². The molecule has 0 spiro atoms. The van der Waals surface area contributed by atoms with Crippen LogP contribution in [0.15, 0.2) is 76.7 Å². The summed E-state index contributed by atoms with van der Waals surface area (Å²) in [4.78, 5) is 18.3. The largest absolute Gasteiger partial charge is 0.280 e. The molecular weight excluding hydrogens is 511 g/mol. The van der Waals surface area contributed by atoms with Gasteiger partial charge in [0.25, 0.3) is 5.91 Å². The van der Waals surface area contributed by atoms with Crippen LogP contribution in [-0.4, -0.2) is 43.4 Å². The highest BCUT2D eigenvalue weighted by Crippen LogP contribution is 2.31. The predicted molar refractivity (Wildman–Crippen MR) is 146 cm³/mol. The Balaban J connectivity index is 1.67. The number of benzene rings is 3. The zero-order valence-electron chi connectivity index (χ0n) is 20.8. The van der Waals surface area contributed by atoms with Crippen LogP contribution in [0.3, 0.4) is 0 Å². The van der Waals surface area contributed by atoms with Crippen molar-refractivity contribution in [2.24, 2.45) is 5.10 Å². The number of unbranched alkanes of at least 4 members (excludes halogenated alkanes) is 1. The maximum atomic E-state index is 13.6. The van der Waals surface area contributed by atoms with E-state index in [0.717, 1.165) is 28.6 Å². The number of aryl methyl sites for hydroxylation is 1. The Hall–Kier alpha value is -3.47. The molecule has 0 saturated carbocycles. The van der Waals surface area contributed by atoms with Gasteiger partial charge in [-0.1, -0.05) is 42.9 Å². The number of aromatic nitrogens is 1. The number of nitrogens with zero attached hydrogens (tertiary/aromatic N) is 4. The van der Waals surface area contributed by atoms with Crippen LogP contribution < -0.4 is 5.01 Å². The molecule has 10 heteroatoms. The summed E-state index contributed by atoms with van der Waals surface area (Å²) in [5.41, 5.74) is 2.66. The number of hydrogen-bond acceptors (Lipinski definition) is 6. The number of thiazole rings is 1. The minimum atomic E-state index is -3.66. The molecule has 0 unspecified atom stereocenters. The Morgan fingerprint density at radius 1 is 1.08 bits per heavy atom. The van der Waals surface area contributed by atoms with Crippen molar-refractivity contribution in [2.45, 2.75) is 31.6 Å². The van der Waals surface area contributed by atoms with Crippen molar-refractivity contribution in [1.29, 1.82) is 0 Å². The van der Waals surface area contributed by atoms with Gasteiger partial charge in [-0.25, -0.2) is 22.1 Å². The summed E-state index contributed by atoms with van der Waals surface area (Å²) >= 11 is 1.32. The molecular formula is C27H27FN4O3S2. The lowest BCUT2D eigenvalue weighted by atomic mass is 10.2. The summed E-state index contributed by atoms with van der Waals surface area (Å²) in [6.45, 7) is 4.39. The van der Waals surface area contributed by atoms with Gasteiger partial charge in [0.05, 0.1) is 21.3 Å². The number of sulfonamides is 1. The highest BCUT2D eigenvalue weighted by Gasteiger charge is 2.24. The number of fused-ring (bicyclic) bond motifs is 1. The first-order valence-electron chi connectivity index (χ1n) is 11.8. The van der Waals surface area contributed by atoms with E-state index < -0.39 is 15.9 Å². The van der Waals surface area contributed by atoms with Crippen molar-refractivity contribution in [3.05, 3.63) is 89.2 Å². The van der Waals surface area contributed by atoms with Crippen molar-refractivity contribution < 1.29 is 17.6 Å². The van der Waals surface area contributed by atoms with Crippen LogP contribution in [0.2, 0.25) is 0 Å². The van der Waals surface area contributed by atoms with Gasteiger partial charge in [0.1, 0.15) is 5.82 Å². The van der Waals surface area contributed by atoms with Crippen molar-refractivity contribution >= 4 is 48.8 Å². The fraction of sp³-hybridized carbons (Fsp3) is 0.222. The lowest BCUT2D eigenvalue weighted by molar-refractivity contribution is 0.0987. The number of halogens is 1. The van der Waals surface area contributed by atoms with E-state index in [2.05, 4.69) is 10.1 Å². The van der Waals surface area contributed by atoms with Gasteiger partial charge in [0.2, 0.25) is 15.2 Å². The second-order valence-corrected chi connectivity index (χ2v) is 11.6. The van der Waals surface area contributed by atoms with Gasteiger partial charge in [-0.15, -0.1) is 0 Å². The summed E-state index contributed by atoms with van der Waals surface area (Å²) < 4.78 is 41.2. The van der Waals surface area contributed by atoms with Crippen molar-refractivity contribution in [2.75, 3.05) is 18.6 Å². The van der Waals surface area contributed by atoms with E-state index in [1.165, 1.54) is 63.3 Å². The fourth-order valence-corrected chi connectivity index (χ4v) is 5.77. The highest BCUT2D eigenvalue weighted by molar-refractivity contribution is 7.89. The zero-order valence-corrected chi connectivity index (χ0v) is 22.4. The number of carbonyl (C=O) groups excluding carboxylic acids is 1. The number of hydrogen-bond donors (Lipinski definition) is 0. The summed E-state index contributed by atoms with van der Waals surface area (Å²) in [6, 6.07) is 17.3. The monoisotopic (exact) mass is 538 g/mol. The first kappa shape index (κ1) is 26.6. The average Bonchev–Trinajstić information content (AvgIpc) is 3.31. The third kappa shape index (κ3) is 6.10. The Morgan fingerprint density at radius 2 is 1.78 bits per heavy atom. The molecule has 3 aromatic carbocycles. The Kier molecular flexibility index (Phi) is 8.11. The Labute approximate surface area is 219 Å². The Morgan fingerprint density at radius 3 is 2.46 bits per heavy atom. The van der Waals surface area contributed by atoms with E-state index in [9.17, 15) is 17.6 Å². The minimum Gasteiger partial charge on any atom is -0.267 e. The van der Waals surface area contributed by atoms with Gasteiger partial charge >= 0.3 is 0 Å². The van der Waals surface area contributed by atoms with Crippen LogP contribution in [0.1, 0.15) is 41.3 Å². The number of anilines is 1. The molecule has 4 aromatic rings. The summed E-state index contributed by atoms with van der Waals surface area (Å²) in [5.74, 6) is -0.848. The van der Waals surface area contributed by atoms with Crippen LogP contribution in [0, 0.1) is 12.7 Å². The lowest BCUT2D eigenvalue weighted by Gasteiger charge is -2.17. The topological polar surface area (TPSA) is 82.9 Å². The van der Waals surface area contributed by atoms with Crippen molar-refractivity contribution in [3.8, 4) is 0 Å². The first-order chi connectivity index (χ1) is 17.7. The molecule has 4 rings (SSSR count). The third-order valence-corrected chi connectivity index (χ3v) is 8.60. The molecule has 0 aliphatic heterocycles. The first-order valence-corrected chi connectivity index (χ1v) is 14.0. The number of carbonyl (C=O) groups is 1. The van der Waals surface area contributed by atoms with Gasteiger partial charge in [-0.2, -0.15) is 10.1 Å². The summed E-state index contributed by atoms with van der Waals surface area (Å²) in [5, 5.41) is 5.92. The molecule has 0 aliphatic carbocycles. The predicted octanol–water partition coefficient (Wildman–Crippen LogP) is 5.85. The van der Waals surface area contributed by atoms with Gasteiger partial charge in [0.15, 0.2) is 0 Å². The van der Waals surface area contributed by atoms with Crippen LogP contribution in [0.4, 0.5) is 9.52 Å². The summed E-state index contributed by atoms with van der Waals surface area (Å²) in [7, 11) is -2.11. The molecule has 1 amide bonds. The minimum absolute atomic E-state index is 0.111. The second-order valence-electron chi connectivity index (χ2n) is 8.59. The number of amides is 1. The van der Waals surface area contributed by atoms with Crippen molar-refractivity contribution in [1.82, 2.24) is 9.29 Å². The molecule has 0 saturated heterocycles. The van der Waals surface area contributed by atoms with E-state index in [1.807, 2.05) is 32.0 Å². The molecule has 0 atom stereocenters. The molecule has 0 bridgehead atoms.